The molecule has 2 rings (SSSR count). The Kier molecular flexibility index (Phi) is 17.0. The van der Waals surface area contributed by atoms with E-state index >= 15 is 0 Å². The molecular formula is C32H64Cl2N4P2Pd+2. The van der Waals surface area contributed by atoms with Crippen LogP contribution in [0.2, 0.25) is 0 Å². The fourth-order valence-electron chi connectivity index (χ4n) is 7.57. The van der Waals surface area contributed by atoms with Gasteiger partial charge in [-0.3, -0.25) is 10.6 Å². The van der Waals surface area contributed by atoms with E-state index in [4.69, 9.17) is 19.1 Å². The summed E-state index contributed by atoms with van der Waals surface area (Å²) in [5.41, 5.74) is 2.46. The van der Waals surface area contributed by atoms with E-state index in [-0.39, 0.29) is 26.5 Å². The molecule has 0 amide bonds. The van der Waals surface area contributed by atoms with E-state index < -0.39 is 15.8 Å². The normalized spacial score (nSPS) is 23.3. The number of hydrogen-bond acceptors (Lipinski definition) is 4. The van der Waals surface area contributed by atoms with Crippen molar-refractivity contribution in [3.63, 3.8) is 0 Å². The van der Waals surface area contributed by atoms with Gasteiger partial charge in [-0.2, -0.15) is 0 Å². The standard InChI is InChI=1S/2C16H31N2P.2ClH.Pd/c2*1-14(2,3)19(15(4,5)6)16(18-8)11-9-13(17-7)10-12-16;;;/h2*9-11,17-18H,12H2,1-8H3;2*1H;/q;;;;+2. The van der Waals surface area contributed by atoms with Crippen LogP contribution in [0.5, 0.6) is 0 Å². The van der Waals surface area contributed by atoms with Crippen molar-refractivity contribution in [1.29, 1.82) is 0 Å². The molecule has 2 unspecified atom stereocenters. The van der Waals surface area contributed by atoms with Crippen LogP contribution >= 0.6 is 34.9 Å². The summed E-state index contributed by atoms with van der Waals surface area (Å²) in [7, 11) is 16.5. The second-order valence-electron chi connectivity index (χ2n) is 15.1. The summed E-state index contributed by atoms with van der Waals surface area (Å²) in [6, 6.07) is 0. The maximum absolute atomic E-state index is 4.81. The predicted molar refractivity (Wildman–Crippen MR) is 193 cm³/mol. The van der Waals surface area contributed by atoms with Crippen molar-refractivity contribution in [2.75, 3.05) is 28.2 Å². The van der Waals surface area contributed by atoms with Crippen molar-refractivity contribution in [2.24, 2.45) is 0 Å². The Morgan fingerprint density at radius 3 is 0.951 bits per heavy atom. The Morgan fingerprint density at radius 2 is 0.829 bits per heavy atom. The van der Waals surface area contributed by atoms with Crippen molar-refractivity contribution >= 4 is 34.9 Å². The number of halogens is 2. The van der Waals surface area contributed by atoms with E-state index in [1.165, 1.54) is 11.4 Å². The molecule has 0 saturated heterocycles. The minimum atomic E-state index is -0.688. The Labute approximate surface area is 273 Å². The van der Waals surface area contributed by atoms with Crippen molar-refractivity contribution in [3.8, 4) is 0 Å². The zero-order valence-electron chi connectivity index (χ0n) is 29.0. The quantitative estimate of drug-likeness (QED) is 0.162. The van der Waals surface area contributed by atoms with Gasteiger partial charge in [0.25, 0.3) is 0 Å². The third-order valence-electron chi connectivity index (χ3n) is 7.74. The van der Waals surface area contributed by atoms with Gasteiger partial charge >= 0.3 is 35.0 Å². The molecule has 41 heavy (non-hydrogen) atoms. The molecule has 0 spiro atoms. The number of nitrogens with one attached hydrogen (secondary N) is 4. The van der Waals surface area contributed by atoms with E-state index in [9.17, 15) is 0 Å². The molecule has 0 aromatic carbocycles. The third-order valence-corrected chi connectivity index (χ3v) is 16.8. The number of rotatable bonds is 6. The summed E-state index contributed by atoms with van der Waals surface area (Å²) < 4.78 is 0. The van der Waals surface area contributed by atoms with Crippen molar-refractivity contribution < 1.29 is 15.9 Å². The fourth-order valence-corrected chi connectivity index (χ4v) is 19.0. The predicted octanol–water partition coefficient (Wildman–Crippen LogP) is 8.93. The Balaban J connectivity index is 0.000000712. The summed E-state index contributed by atoms with van der Waals surface area (Å²) in [5, 5.41) is 15.5. The molecule has 0 aromatic heterocycles. The average molecular weight is 744 g/mol. The molecule has 4 N–H and O–H groups in total. The van der Waals surface area contributed by atoms with E-state index in [0.717, 1.165) is 12.8 Å². The van der Waals surface area contributed by atoms with Crippen LogP contribution in [0, 0.1) is 0 Å². The molecule has 0 heterocycles. The molecular weight excluding hydrogens is 680 g/mol. The van der Waals surface area contributed by atoms with Gasteiger partial charge in [0, 0.05) is 54.2 Å². The van der Waals surface area contributed by atoms with Crippen molar-refractivity contribution in [1.82, 2.24) is 21.3 Å². The molecule has 0 fully saturated rings. The second kappa shape index (κ2) is 16.8. The molecule has 2 atom stereocenters. The topological polar surface area (TPSA) is 48.1 Å². The van der Waals surface area contributed by atoms with Crippen LogP contribution in [0.1, 0.15) is 95.9 Å². The summed E-state index contributed by atoms with van der Waals surface area (Å²) in [6.45, 7) is 28.8. The van der Waals surface area contributed by atoms with Gasteiger partial charge < -0.3 is 10.6 Å². The fraction of sp³-hybridized carbons (Fsp3) is 0.750. The zero-order chi connectivity index (χ0) is 32.5. The van der Waals surface area contributed by atoms with Crippen LogP contribution in [0.15, 0.2) is 47.9 Å². The Bertz CT molecular complexity index is 822. The van der Waals surface area contributed by atoms with Gasteiger partial charge in [-0.15, -0.1) is 0 Å². The first-order chi connectivity index (χ1) is 18.5. The molecule has 2 aliphatic rings. The van der Waals surface area contributed by atoms with E-state index in [0.29, 0.717) is 20.6 Å². The van der Waals surface area contributed by atoms with Gasteiger partial charge in [0.05, 0.1) is 20.6 Å². The summed E-state index contributed by atoms with van der Waals surface area (Å²) in [4.78, 5) is 0. The second-order valence-corrected chi connectivity index (χ2v) is 26.8. The van der Waals surface area contributed by atoms with Gasteiger partial charge in [0.1, 0.15) is 0 Å². The van der Waals surface area contributed by atoms with Crippen LogP contribution < -0.4 is 21.3 Å². The molecule has 2 aliphatic carbocycles. The molecule has 9 heteroatoms. The number of allylic oxidation sites excluding steroid dienone is 2. The Hall–Kier alpha value is 0.582. The van der Waals surface area contributed by atoms with Gasteiger partial charge in [-0.25, -0.2) is 0 Å². The summed E-state index contributed by atoms with van der Waals surface area (Å²) >= 11 is -0.106. The number of likely N-dealkylation sites (N-methyl/N-ethyl adjacent to an activating group) is 4. The number of hydrogen-bond donors (Lipinski definition) is 4. The van der Waals surface area contributed by atoms with Gasteiger partial charge in [0.15, 0.2) is 10.6 Å². The molecule has 0 saturated carbocycles. The molecule has 0 aliphatic heterocycles. The van der Waals surface area contributed by atoms with Crippen LogP contribution in [-0.2, 0) is 15.9 Å². The first kappa shape index (κ1) is 41.6. The SMILES string of the molecule is CNC1=CCC(NC)([PH+](C(C)(C)C)C(C)(C)C)C=C1.CNC1=CCC(NC)([PH+](C(C)(C)C)C(C)(C)C)C=C1.[Cl][Pd][Cl]. The van der Waals surface area contributed by atoms with E-state index in [1.807, 2.05) is 14.1 Å². The monoisotopic (exact) mass is 742 g/mol. The van der Waals surface area contributed by atoms with E-state index in [1.54, 1.807) is 0 Å². The third kappa shape index (κ3) is 12.1. The van der Waals surface area contributed by atoms with Crippen LogP contribution in [0.25, 0.3) is 0 Å². The summed E-state index contributed by atoms with van der Waals surface area (Å²) in [5.74, 6) is 0. The molecule has 0 radical (unpaired) electrons. The molecule has 4 nitrogen and oxygen atoms in total. The summed E-state index contributed by atoms with van der Waals surface area (Å²) in [6.07, 6.45) is 16.1. The first-order valence-electron chi connectivity index (χ1n) is 14.7. The van der Waals surface area contributed by atoms with Crippen LogP contribution in [0.4, 0.5) is 0 Å². The van der Waals surface area contributed by atoms with E-state index in [2.05, 4.69) is 155 Å². The zero-order valence-corrected chi connectivity index (χ0v) is 34.0. The van der Waals surface area contributed by atoms with Gasteiger partial charge in [0.2, 0.25) is 0 Å². The first-order valence-corrected chi connectivity index (χ1v) is 21.7. The van der Waals surface area contributed by atoms with Crippen molar-refractivity contribution in [3.05, 3.63) is 47.9 Å². The van der Waals surface area contributed by atoms with Crippen LogP contribution in [0.3, 0.4) is 0 Å². The average Bonchev–Trinajstić information content (AvgIpc) is 2.82. The maximum atomic E-state index is 4.81. The molecule has 0 bridgehead atoms. The minimum absolute atomic E-state index is 0.106. The molecule has 0 aromatic rings. The molecule has 244 valence electrons. The Morgan fingerprint density at radius 1 is 0.585 bits per heavy atom. The van der Waals surface area contributed by atoms with Gasteiger partial charge in [-0.05, 0) is 121 Å². The van der Waals surface area contributed by atoms with Crippen LogP contribution in [-0.4, -0.2) is 59.4 Å². The van der Waals surface area contributed by atoms with Gasteiger partial charge in [-0.1, -0.05) is 12.2 Å². The van der Waals surface area contributed by atoms with Crippen molar-refractivity contribution in [2.45, 2.75) is 127 Å².